The van der Waals surface area contributed by atoms with E-state index in [1.165, 1.54) is 0 Å². The van der Waals surface area contributed by atoms with E-state index in [1.807, 2.05) is 4.90 Å². The van der Waals surface area contributed by atoms with Crippen molar-refractivity contribution in [2.75, 3.05) is 40.3 Å². The minimum Gasteiger partial charge on any atom is -0.481 e. The summed E-state index contributed by atoms with van der Waals surface area (Å²) in [7, 11) is 1.56. The van der Waals surface area contributed by atoms with Crippen molar-refractivity contribution in [2.24, 2.45) is 5.92 Å². The number of Topliss-reactive ketones (excluding diaryl/α,β-unsaturated/α-hetero) is 2. The van der Waals surface area contributed by atoms with Crippen molar-refractivity contribution >= 4 is 11.6 Å². The highest BCUT2D eigenvalue weighted by atomic mass is 16.7. The Labute approximate surface area is 155 Å². The molecular weight excluding hydrogens is 356 g/mol. The number of carbonyl (C=O) groups is 2. The zero-order valence-corrected chi connectivity index (χ0v) is 15.2. The second kappa shape index (κ2) is 5.86. The van der Waals surface area contributed by atoms with Crippen LogP contribution in [0.4, 0.5) is 0 Å². The van der Waals surface area contributed by atoms with Crippen LogP contribution in [0.25, 0.3) is 0 Å². The summed E-state index contributed by atoms with van der Waals surface area (Å²) in [6.07, 6.45) is -0.456. The van der Waals surface area contributed by atoms with Gasteiger partial charge < -0.3 is 34.3 Å². The molecule has 0 aromatic carbocycles. The van der Waals surface area contributed by atoms with Gasteiger partial charge in [-0.25, -0.2) is 0 Å². The van der Waals surface area contributed by atoms with E-state index in [-0.39, 0.29) is 67.2 Å². The number of hydrogen-bond donors (Lipinski definition) is 2. The molecule has 2 N–H and O–H groups in total. The number of fused-ring (bicyclic) bond motifs is 4. The second-order valence-electron chi connectivity index (χ2n) is 7.53. The fraction of sp³-hybridized carbons (Fsp3) is 0.667. The molecule has 4 aliphatic heterocycles. The number of aliphatic hydroxyl groups excluding tert-OH is 1. The first kappa shape index (κ1) is 17.3. The zero-order valence-electron chi connectivity index (χ0n) is 15.2. The molecule has 5 rings (SSSR count). The third-order valence-corrected chi connectivity index (χ3v) is 6.22. The maximum Gasteiger partial charge on any atom is 0.226 e. The summed E-state index contributed by atoms with van der Waals surface area (Å²) in [6.45, 7) is 2.63. The molecule has 4 heterocycles. The van der Waals surface area contributed by atoms with Gasteiger partial charge in [0, 0.05) is 30.8 Å². The Kier molecular flexibility index (Phi) is 3.76. The quantitative estimate of drug-likeness (QED) is 0.454. The summed E-state index contributed by atoms with van der Waals surface area (Å²) in [5, 5.41) is 13.5. The molecule has 146 valence electrons. The third-order valence-electron chi connectivity index (χ3n) is 6.22. The van der Waals surface area contributed by atoms with Gasteiger partial charge in [-0.05, 0) is 6.92 Å². The van der Waals surface area contributed by atoms with Crippen LogP contribution in [0, 0.1) is 5.92 Å². The summed E-state index contributed by atoms with van der Waals surface area (Å²) in [6, 6.07) is 0.185. The Morgan fingerprint density at radius 1 is 1.30 bits per heavy atom. The van der Waals surface area contributed by atoms with Crippen molar-refractivity contribution in [3.05, 3.63) is 22.6 Å². The lowest BCUT2D eigenvalue weighted by Crippen LogP contribution is -2.54. The van der Waals surface area contributed by atoms with Crippen molar-refractivity contribution < 1.29 is 33.6 Å². The van der Waals surface area contributed by atoms with Crippen LogP contribution in [0.15, 0.2) is 22.6 Å². The van der Waals surface area contributed by atoms with Crippen molar-refractivity contribution in [2.45, 2.75) is 30.8 Å². The minimum absolute atomic E-state index is 0.0176. The first-order valence-corrected chi connectivity index (χ1v) is 9.10. The van der Waals surface area contributed by atoms with Gasteiger partial charge in [-0.15, -0.1) is 0 Å². The maximum atomic E-state index is 13.3. The molecule has 0 saturated carbocycles. The van der Waals surface area contributed by atoms with E-state index in [4.69, 9.17) is 18.9 Å². The van der Waals surface area contributed by atoms with Crippen molar-refractivity contribution in [1.82, 2.24) is 10.2 Å². The predicted octanol–water partition coefficient (Wildman–Crippen LogP) is -1.32. The number of rotatable bonds is 4. The van der Waals surface area contributed by atoms with Crippen LogP contribution in [0.2, 0.25) is 0 Å². The Morgan fingerprint density at radius 3 is 2.70 bits per heavy atom. The molecule has 1 aliphatic carbocycles. The Bertz CT molecular complexity index is 785. The molecule has 4 atom stereocenters. The Balaban J connectivity index is 1.53. The van der Waals surface area contributed by atoms with E-state index in [9.17, 15) is 14.7 Å². The summed E-state index contributed by atoms with van der Waals surface area (Å²) in [4.78, 5) is 28.4. The predicted molar refractivity (Wildman–Crippen MR) is 89.1 cm³/mol. The first-order chi connectivity index (χ1) is 13.0. The largest absolute Gasteiger partial charge is 0.481 e. The molecule has 0 amide bonds. The summed E-state index contributed by atoms with van der Waals surface area (Å²) in [5.74, 6) is -1.22. The van der Waals surface area contributed by atoms with Crippen LogP contribution in [0.3, 0.4) is 0 Å². The average molecular weight is 378 g/mol. The molecule has 3 fully saturated rings. The minimum atomic E-state index is -0.914. The van der Waals surface area contributed by atoms with E-state index >= 15 is 0 Å². The molecule has 0 aromatic rings. The zero-order chi connectivity index (χ0) is 18.9. The van der Waals surface area contributed by atoms with Gasteiger partial charge in [0.1, 0.15) is 12.9 Å². The fourth-order valence-corrected chi connectivity index (χ4v) is 4.96. The number of piperazine rings is 1. The highest BCUT2D eigenvalue weighted by molar-refractivity contribution is 6.25. The summed E-state index contributed by atoms with van der Waals surface area (Å²) >= 11 is 0. The van der Waals surface area contributed by atoms with Crippen LogP contribution in [0.5, 0.6) is 0 Å². The molecule has 9 nitrogen and oxygen atoms in total. The highest BCUT2D eigenvalue weighted by Crippen LogP contribution is 2.55. The van der Waals surface area contributed by atoms with Gasteiger partial charge in [0.25, 0.3) is 0 Å². The number of allylic oxidation sites excluding steroid dienone is 2. The molecule has 0 bridgehead atoms. The van der Waals surface area contributed by atoms with Gasteiger partial charge in [0.2, 0.25) is 11.6 Å². The smallest absolute Gasteiger partial charge is 0.226 e. The van der Waals surface area contributed by atoms with E-state index in [2.05, 4.69) is 5.32 Å². The molecular formula is C18H22N2O7. The molecule has 0 aromatic heterocycles. The van der Waals surface area contributed by atoms with E-state index < -0.39 is 17.7 Å². The fourth-order valence-electron chi connectivity index (χ4n) is 4.96. The normalized spacial score (nSPS) is 38.3. The summed E-state index contributed by atoms with van der Waals surface area (Å²) in [5.41, 5.74) is -0.0190. The van der Waals surface area contributed by atoms with Crippen LogP contribution in [-0.2, 0) is 28.5 Å². The number of ketones is 2. The monoisotopic (exact) mass is 378 g/mol. The Morgan fingerprint density at radius 2 is 2.04 bits per heavy atom. The number of ether oxygens (including phenoxy) is 4. The lowest BCUT2D eigenvalue weighted by molar-refractivity contribution is -0.160. The highest BCUT2D eigenvalue weighted by Gasteiger charge is 2.72. The molecule has 4 unspecified atom stereocenters. The third kappa shape index (κ3) is 2.11. The standard InChI is InChI=1S/C18H22N2O7/c1-8-14(22)13-12(15(23)16(8)27-9-5-25-7-26-6-9)10(4-21)18(24-2)17-11(19-17)3-20(13)18/h9-11,17,19,21H,3-7H2,1-2H3. The lowest BCUT2D eigenvalue weighted by atomic mass is 9.83. The molecule has 0 spiro atoms. The van der Waals surface area contributed by atoms with Gasteiger partial charge in [-0.3, -0.25) is 9.59 Å². The molecule has 0 radical (unpaired) electrons. The number of nitrogens with zero attached hydrogens (tertiary/aromatic N) is 1. The van der Waals surface area contributed by atoms with Crippen molar-refractivity contribution in [1.29, 1.82) is 0 Å². The topological polar surface area (TPSA) is 116 Å². The molecule has 9 heteroatoms. The summed E-state index contributed by atoms with van der Waals surface area (Å²) < 4.78 is 22.1. The molecule has 5 aliphatic rings. The number of aliphatic hydroxyl groups is 1. The lowest BCUT2D eigenvalue weighted by Gasteiger charge is -2.39. The van der Waals surface area contributed by atoms with Crippen LogP contribution >= 0.6 is 0 Å². The van der Waals surface area contributed by atoms with Gasteiger partial charge in [-0.1, -0.05) is 0 Å². The van der Waals surface area contributed by atoms with Gasteiger partial charge in [0.05, 0.1) is 37.5 Å². The van der Waals surface area contributed by atoms with Crippen molar-refractivity contribution in [3.63, 3.8) is 0 Å². The van der Waals surface area contributed by atoms with Crippen LogP contribution in [-0.4, -0.2) is 85.8 Å². The van der Waals surface area contributed by atoms with Gasteiger partial charge >= 0.3 is 0 Å². The number of nitrogens with one attached hydrogen (secondary N) is 1. The van der Waals surface area contributed by atoms with Gasteiger partial charge in [0.15, 0.2) is 11.5 Å². The molecule has 3 saturated heterocycles. The Hall–Kier alpha value is -1.78. The first-order valence-electron chi connectivity index (χ1n) is 9.10. The van der Waals surface area contributed by atoms with Gasteiger partial charge in [-0.2, -0.15) is 0 Å². The molecule has 27 heavy (non-hydrogen) atoms. The second-order valence-corrected chi connectivity index (χ2v) is 7.53. The van der Waals surface area contributed by atoms with E-state index in [0.29, 0.717) is 12.2 Å². The average Bonchev–Trinajstić information content (AvgIpc) is 3.30. The number of carbonyl (C=O) groups excluding carboxylic acids is 2. The van der Waals surface area contributed by atoms with Crippen molar-refractivity contribution in [3.8, 4) is 0 Å². The van der Waals surface area contributed by atoms with E-state index in [0.717, 1.165) is 0 Å². The number of hydrogen-bond acceptors (Lipinski definition) is 9. The number of methoxy groups -OCH3 is 1. The van der Waals surface area contributed by atoms with Crippen LogP contribution < -0.4 is 5.32 Å². The maximum absolute atomic E-state index is 13.3. The van der Waals surface area contributed by atoms with Crippen LogP contribution in [0.1, 0.15) is 6.92 Å². The van der Waals surface area contributed by atoms with E-state index in [1.54, 1.807) is 14.0 Å². The SMILES string of the molecule is COC12C(CO)C3=C(C(=O)C(C)=C(OC4COCOC4)C3=O)N1CC1NC12.